The van der Waals surface area contributed by atoms with Crippen LogP contribution in [0.1, 0.15) is 5.01 Å². The van der Waals surface area contributed by atoms with Gasteiger partial charge in [0.05, 0.1) is 15.2 Å². The van der Waals surface area contributed by atoms with Crippen LogP contribution in [0.4, 0.5) is 0 Å². The van der Waals surface area contributed by atoms with Crippen molar-refractivity contribution in [3.05, 3.63) is 47.5 Å². The van der Waals surface area contributed by atoms with E-state index in [0.717, 1.165) is 31.9 Å². The quantitative estimate of drug-likeness (QED) is 0.512. The van der Waals surface area contributed by atoms with Crippen LogP contribution in [0.3, 0.4) is 0 Å². The summed E-state index contributed by atoms with van der Waals surface area (Å²) in [5.41, 5.74) is 3.73. The number of fused-ring (bicyclic) bond motifs is 2. The van der Waals surface area contributed by atoms with Crippen LogP contribution in [-0.2, 0) is 0 Å². The van der Waals surface area contributed by atoms with E-state index in [1.807, 2.05) is 43.3 Å². The lowest BCUT2D eigenvalue weighted by molar-refractivity contribution is 0.620. The summed E-state index contributed by atoms with van der Waals surface area (Å²) in [7, 11) is 0. The van der Waals surface area contributed by atoms with Crippen molar-refractivity contribution in [1.29, 1.82) is 0 Å². The van der Waals surface area contributed by atoms with Gasteiger partial charge in [0.25, 0.3) is 0 Å². The molecule has 0 amide bonds. The molecule has 0 aliphatic heterocycles. The molecule has 0 saturated heterocycles. The fraction of sp³-hybridized carbons (Fsp3) is 0.0667. The van der Waals surface area contributed by atoms with E-state index >= 15 is 0 Å². The average Bonchev–Trinajstić information content (AvgIpc) is 2.99. The van der Waals surface area contributed by atoms with E-state index in [2.05, 4.69) is 16.0 Å². The van der Waals surface area contributed by atoms with Crippen molar-refractivity contribution in [1.82, 2.24) is 9.97 Å². The summed E-state index contributed by atoms with van der Waals surface area (Å²) >= 11 is 1.69. The predicted octanol–water partition coefficient (Wildman–Crippen LogP) is 4.41. The van der Waals surface area contributed by atoms with Crippen LogP contribution in [0, 0.1) is 6.92 Å². The Hall–Kier alpha value is -2.20. The molecule has 4 rings (SSSR count). The molecule has 0 N–H and O–H groups in total. The van der Waals surface area contributed by atoms with Gasteiger partial charge in [-0.3, -0.25) is 0 Å². The van der Waals surface area contributed by atoms with Gasteiger partial charge in [-0.15, -0.1) is 11.3 Å². The van der Waals surface area contributed by atoms with Crippen LogP contribution in [0.2, 0.25) is 0 Å². The zero-order chi connectivity index (χ0) is 12.8. The third-order valence-electron chi connectivity index (χ3n) is 3.04. The summed E-state index contributed by atoms with van der Waals surface area (Å²) in [6.07, 6.45) is 0. The van der Waals surface area contributed by atoms with E-state index in [9.17, 15) is 0 Å². The Morgan fingerprint density at radius 2 is 1.89 bits per heavy atom. The van der Waals surface area contributed by atoms with Crippen LogP contribution in [-0.4, -0.2) is 9.97 Å². The molecule has 2 aromatic heterocycles. The summed E-state index contributed by atoms with van der Waals surface area (Å²) < 4.78 is 6.95. The summed E-state index contributed by atoms with van der Waals surface area (Å²) in [5, 5.41) is 1.07. The maximum absolute atomic E-state index is 5.78. The van der Waals surface area contributed by atoms with Gasteiger partial charge in [-0.05, 0) is 37.3 Å². The molecule has 19 heavy (non-hydrogen) atoms. The molecule has 4 heteroatoms. The van der Waals surface area contributed by atoms with Crippen molar-refractivity contribution < 1.29 is 4.42 Å². The van der Waals surface area contributed by atoms with Crippen LogP contribution in [0.15, 0.2) is 46.9 Å². The molecule has 4 aromatic rings. The number of nitrogens with zero attached hydrogens (tertiary/aromatic N) is 2. The second kappa shape index (κ2) is 3.90. The Balaban J connectivity index is 1.92. The van der Waals surface area contributed by atoms with Crippen LogP contribution in [0.25, 0.3) is 32.8 Å². The average molecular weight is 266 g/mol. The van der Waals surface area contributed by atoms with Gasteiger partial charge >= 0.3 is 0 Å². The normalized spacial score (nSPS) is 11.4. The number of hydrogen-bond donors (Lipinski definition) is 0. The van der Waals surface area contributed by atoms with Crippen molar-refractivity contribution in [2.45, 2.75) is 6.92 Å². The molecule has 0 aliphatic rings. The molecule has 0 radical (unpaired) electrons. The molecular formula is C15H10N2OS. The van der Waals surface area contributed by atoms with Gasteiger partial charge in [0.2, 0.25) is 5.89 Å². The maximum Gasteiger partial charge on any atom is 0.227 e. The molecule has 0 aliphatic carbocycles. The second-order valence-corrected chi connectivity index (χ2v) is 5.64. The zero-order valence-corrected chi connectivity index (χ0v) is 11.1. The van der Waals surface area contributed by atoms with Crippen molar-refractivity contribution in [3.63, 3.8) is 0 Å². The molecule has 3 nitrogen and oxygen atoms in total. The molecule has 2 aromatic carbocycles. The third-order valence-corrected chi connectivity index (χ3v) is 3.97. The highest BCUT2D eigenvalue weighted by Gasteiger charge is 2.09. The standard InChI is InChI=1S/C15H10N2OS/c1-9-16-12-7-6-10(8-14(12)19-9)15-17-11-4-2-3-5-13(11)18-15/h2-8H,1H3. The summed E-state index contributed by atoms with van der Waals surface area (Å²) in [4.78, 5) is 8.97. The van der Waals surface area contributed by atoms with E-state index in [1.165, 1.54) is 0 Å². The number of rotatable bonds is 1. The first-order valence-corrected chi connectivity index (χ1v) is 6.84. The Labute approximate surface area is 113 Å². The molecule has 0 saturated carbocycles. The number of thiazole rings is 1. The maximum atomic E-state index is 5.78. The Morgan fingerprint density at radius 3 is 2.79 bits per heavy atom. The van der Waals surface area contributed by atoms with E-state index in [1.54, 1.807) is 11.3 Å². The van der Waals surface area contributed by atoms with Crippen molar-refractivity contribution in [3.8, 4) is 11.5 Å². The molecule has 0 fully saturated rings. The van der Waals surface area contributed by atoms with Gasteiger partial charge in [0, 0.05) is 5.56 Å². The van der Waals surface area contributed by atoms with Gasteiger partial charge in [-0.2, -0.15) is 0 Å². The first-order chi connectivity index (χ1) is 9.29. The molecule has 0 atom stereocenters. The fourth-order valence-electron chi connectivity index (χ4n) is 2.17. The molecule has 92 valence electrons. The minimum atomic E-state index is 0.661. The lowest BCUT2D eigenvalue weighted by Gasteiger charge is -1.94. The van der Waals surface area contributed by atoms with E-state index in [0.29, 0.717) is 5.89 Å². The van der Waals surface area contributed by atoms with Crippen molar-refractivity contribution in [2.75, 3.05) is 0 Å². The van der Waals surface area contributed by atoms with Crippen molar-refractivity contribution >= 4 is 32.7 Å². The summed E-state index contributed by atoms with van der Waals surface area (Å²) in [6.45, 7) is 2.02. The molecule has 2 heterocycles. The highest BCUT2D eigenvalue weighted by molar-refractivity contribution is 7.18. The van der Waals surface area contributed by atoms with Gasteiger partial charge < -0.3 is 4.42 Å². The van der Waals surface area contributed by atoms with E-state index in [4.69, 9.17) is 4.42 Å². The fourth-order valence-corrected chi connectivity index (χ4v) is 3.03. The molecule has 0 bridgehead atoms. The van der Waals surface area contributed by atoms with Crippen LogP contribution in [0.5, 0.6) is 0 Å². The SMILES string of the molecule is Cc1nc2ccc(-c3nc4ccccc4o3)cc2s1. The van der Waals surface area contributed by atoms with Crippen LogP contribution < -0.4 is 0 Å². The second-order valence-electron chi connectivity index (χ2n) is 4.40. The minimum Gasteiger partial charge on any atom is -0.436 e. The highest BCUT2D eigenvalue weighted by Crippen LogP contribution is 2.29. The third kappa shape index (κ3) is 1.72. The Kier molecular flexibility index (Phi) is 2.19. The summed E-state index contributed by atoms with van der Waals surface area (Å²) in [6, 6.07) is 13.9. The first-order valence-electron chi connectivity index (χ1n) is 6.03. The predicted molar refractivity (Wildman–Crippen MR) is 77.4 cm³/mol. The number of para-hydroxylation sites is 2. The topological polar surface area (TPSA) is 38.9 Å². The zero-order valence-electron chi connectivity index (χ0n) is 10.3. The van der Waals surface area contributed by atoms with Gasteiger partial charge in [0.15, 0.2) is 5.58 Å². The van der Waals surface area contributed by atoms with Gasteiger partial charge in [-0.1, -0.05) is 12.1 Å². The number of oxazole rings is 1. The molecule has 0 spiro atoms. The van der Waals surface area contributed by atoms with Gasteiger partial charge in [-0.25, -0.2) is 9.97 Å². The largest absolute Gasteiger partial charge is 0.436 e. The van der Waals surface area contributed by atoms with Crippen LogP contribution >= 0.6 is 11.3 Å². The van der Waals surface area contributed by atoms with Crippen molar-refractivity contribution in [2.24, 2.45) is 0 Å². The molecular weight excluding hydrogens is 256 g/mol. The highest BCUT2D eigenvalue weighted by atomic mass is 32.1. The minimum absolute atomic E-state index is 0.661. The number of benzene rings is 2. The van der Waals surface area contributed by atoms with E-state index in [-0.39, 0.29) is 0 Å². The molecule has 0 unspecified atom stereocenters. The smallest absolute Gasteiger partial charge is 0.227 e. The number of aryl methyl sites for hydroxylation is 1. The lowest BCUT2D eigenvalue weighted by Crippen LogP contribution is -1.76. The Bertz CT molecular complexity index is 858. The summed E-state index contributed by atoms with van der Waals surface area (Å²) in [5.74, 6) is 0.661. The lowest BCUT2D eigenvalue weighted by atomic mass is 10.2. The first kappa shape index (κ1) is 10.7. The number of hydrogen-bond acceptors (Lipinski definition) is 4. The number of aromatic nitrogens is 2. The van der Waals surface area contributed by atoms with Gasteiger partial charge in [0.1, 0.15) is 5.52 Å². The monoisotopic (exact) mass is 266 g/mol. The Morgan fingerprint density at radius 1 is 1.00 bits per heavy atom. The van der Waals surface area contributed by atoms with E-state index < -0.39 is 0 Å².